The maximum atomic E-state index is 12.0. The van der Waals surface area contributed by atoms with Crippen LogP contribution in [0.3, 0.4) is 0 Å². The molecule has 0 bridgehead atoms. The van der Waals surface area contributed by atoms with Gasteiger partial charge in [-0.15, -0.1) is 0 Å². The van der Waals surface area contributed by atoms with Crippen molar-refractivity contribution in [2.45, 2.75) is 26.8 Å². The van der Waals surface area contributed by atoms with Crippen LogP contribution in [0.4, 0.5) is 5.69 Å². The topological polar surface area (TPSA) is 41.1 Å². The quantitative estimate of drug-likeness (QED) is 0.880. The van der Waals surface area contributed by atoms with Gasteiger partial charge in [0.2, 0.25) is 5.91 Å². The fourth-order valence-electron chi connectivity index (χ4n) is 2.34. The zero-order valence-electron chi connectivity index (χ0n) is 12.8. The highest BCUT2D eigenvalue weighted by Gasteiger charge is 2.10. The molecule has 0 saturated carbocycles. The number of amides is 1. The van der Waals surface area contributed by atoms with Gasteiger partial charge in [-0.05, 0) is 43.5 Å². The van der Waals surface area contributed by atoms with Crippen molar-refractivity contribution in [3.8, 4) is 0 Å². The zero-order valence-corrected chi connectivity index (χ0v) is 12.8. The maximum Gasteiger partial charge on any atom is 0.238 e. The molecule has 3 nitrogen and oxygen atoms in total. The predicted molar refractivity (Wildman–Crippen MR) is 87.4 cm³/mol. The Morgan fingerprint density at radius 3 is 2.29 bits per heavy atom. The van der Waals surface area contributed by atoms with Gasteiger partial charge < -0.3 is 10.6 Å². The smallest absolute Gasteiger partial charge is 0.238 e. The van der Waals surface area contributed by atoms with Crippen LogP contribution >= 0.6 is 0 Å². The number of hydrogen-bond donors (Lipinski definition) is 2. The number of carbonyl (C=O) groups excluding carboxylic acids is 1. The van der Waals surface area contributed by atoms with Gasteiger partial charge >= 0.3 is 0 Å². The summed E-state index contributed by atoms with van der Waals surface area (Å²) in [5, 5.41) is 6.20. The van der Waals surface area contributed by atoms with Crippen LogP contribution in [-0.4, -0.2) is 12.5 Å². The van der Waals surface area contributed by atoms with Crippen LogP contribution in [0.5, 0.6) is 0 Å². The lowest BCUT2D eigenvalue weighted by Gasteiger charge is -2.16. The fourth-order valence-corrected chi connectivity index (χ4v) is 2.34. The monoisotopic (exact) mass is 282 g/mol. The van der Waals surface area contributed by atoms with Gasteiger partial charge in [-0.25, -0.2) is 0 Å². The number of nitrogens with one attached hydrogen (secondary N) is 2. The summed E-state index contributed by atoms with van der Waals surface area (Å²) in [5.74, 6) is -0.0234. The largest absolute Gasteiger partial charge is 0.325 e. The number of carbonyl (C=O) groups is 1. The Kier molecular flexibility index (Phi) is 5.12. The summed E-state index contributed by atoms with van der Waals surface area (Å²) in [4.78, 5) is 12.0. The highest BCUT2D eigenvalue weighted by molar-refractivity contribution is 5.92. The number of hydrogen-bond acceptors (Lipinski definition) is 2. The van der Waals surface area contributed by atoms with Crippen molar-refractivity contribution in [1.82, 2.24) is 5.32 Å². The molecule has 0 aliphatic heterocycles. The molecule has 0 aromatic heterocycles. The number of para-hydroxylation sites is 1. The summed E-state index contributed by atoms with van der Waals surface area (Å²) in [6.45, 7) is 6.44. The number of anilines is 1. The molecule has 0 radical (unpaired) electrons. The SMILES string of the molecule is Cc1ccccc1NC(=O)CNC(C)c1ccccc1C. The first-order valence-electron chi connectivity index (χ1n) is 7.22. The molecule has 0 saturated heterocycles. The summed E-state index contributed by atoms with van der Waals surface area (Å²) in [7, 11) is 0. The Morgan fingerprint density at radius 2 is 1.62 bits per heavy atom. The first-order chi connectivity index (χ1) is 10.1. The molecule has 2 rings (SSSR count). The molecule has 2 aromatic carbocycles. The van der Waals surface area contributed by atoms with Gasteiger partial charge in [0.1, 0.15) is 0 Å². The summed E-state index contributed by atoms with van der Waals surface area (Å²) in [5.41, 5.74) is 4.39. The van der Waals surface area contributed by atoms with Crippen LogP contribution in [-0.2, 0) is 4.79 Å². The normalized spacial score (nSPS) is 12.0. The predicted octanol–water partition coefficient (Wildman–Crippen LogP) is 3.59. The van der Waals surface area contributed by atoms with Crippen molar-refractivity contribution >= 4 is 11.6 Å². The third-order valence-electron chi connectivity index (χ3n) is 3.64. The van der Waals surface area contributed by atoms with Crippen LogP contribution < -0.4 is 10.6 Å². The average Bonchev–Trinajstić information content (AvgIpc) is 2.48. The van der Waals surface area contributed by atoms with Crippen molar-refractivity contribution in [1.29, 1.82) is 0 Å². The van der Waals surface area contributed by atoms with Crippen LogP contribution in [0, 0.1) is 13.8 Å². The second kappa shape index (κ2) is 7.04. The summed E-state index contributed by atoms with van der Waals surface area (Å²) in [6, 6.07) is 16.2. The Morgan fingerprint density at radius 1 is 1.00 bits per heavy atom. The molecule has 1 atom stereocenters. The molecule has 0 heterocycles. The molecule has 2 aromatic rings. The molecular formula is C18H22N2O. The van der Waals surface area contributed by atoms with Crippen LogP contribution in [0.15, 0.2) is 48.5 Å². The molecule has 0 fully saturated rings. The Hall–Kier alpha value is -2.13. The average molecular weight is 282 g/mol. The van der Waals surface area contributed by atoms with Gasteiger partial charge in [0.15, 0.2) is 0 Å². The van der Waals surface area contributed by atoms with Crippen molar-refractivity contribution < 1.29 is 4.79 Å². The second-order valence-corrected chi connectivity index (χ2v) is 5.32. The van der Waals surface area contributed by atoms with Gasteiger partial charge in [-0.3, -0.25) is 4.79 Å². The van der Waals surface area contributed by atoms with E-state index in [-0.39, 0.29) is 11.9 Å². The van der Waals surface area contributed by atoms with E-state index in [1.54, 1.807) is 0 Å². The minimum Gasteiger partial charge on any atom is -0.325 e. The van der Waals surface area contributed by atoms with E-state index in [2.05, 4.69) is 36.6 Å². The Balaban J connectivity index is 1.90. The first kappa shape index (κ1) is 15.3. The first-order valence-corrected chi connectivity index (χ1v) is 7.22. The van der Waals surface area contributed by atoms with Gasteiger partial charge in [0.25, 0.3) is 0 Å². The molecule has 1 amide bonds. The minimum absolute atomic E-state index is 0.0234. The third kappa shape index (κ3) is 4.17. The highest BCUT2D eigenvalue weighted by Crippen LogP contribution is 2.16. The van der Waals surface area contributed by atoms with E-state index in [1.165, 1.54) is 11.1 Å². The second-order valence-electron chi connectivity index (χ2n) is 5.32. The molecule has 0 spiro atoms. The van der Waals surface area contributed by atoms with Crippen molar-refractivity contribution in [3.63, 3.8) is 0 Å². The molecule has 3 heteroatoms. The Labute approximate surface area is 126 Å². The lowest BCUT2D eigenvalue weighted by atomic mass is 10.0. The van der Waals surface area contributed by atoms with Crippen LogP contribution in [0.1, 0.15) is 29.7 Å². The van der Waals surface area contributed by atoms with Crippen molar-refractivity contribution in [3.05, 3.63) is 65.2 Å². The van der Waals surface area contributed by atoms with E-state index in [1.807, 2.05) is 43.3 Å². The van der Waals surface area contributed by atoms with Gasteiger partial charge in [0.05, 0.1) is 6.54 Å². The molecular weight excluding hydrogens is 260 g/mol. The van der Waals surface area contributed by atoms with E-state index < -0.39 is 0 Å². The molecule has 110 valence electrons. The number of rotatable bonds is 5. The van der Waals surface area contributed by atoms with E-state index in [0.717, 1.165) is 11.3 Å². The standard InChI is InChI=1S/C18H22N2O/c1-13-8-4-6-10-16(13)15(3)19-12-18(21)20-17-11-7-5-9-14(17)2/h4-11,15,19H,12H2,1-3H3,(H,20,21). The zero-order chi connectivity index (χ0) is 15.2. The highest BCUT2D eigenvalue weighted by atomic mass is 16.1. The summed E-state index contributed by atoms with van der Waals surface area (Å²) >= 11 is 0. The molecule has 21 heavy (non-hydrogen) atoms. The van der Waals surface area contributed by atoms with E-state index in [4.69, 9.17) is 0 Å². The van der Waals surface area contributed by atoms with Crippen molar-refractivity contribution in [2.24, 2.45) is 0 Å². The van der Waals surface area contributed by atoms with Crippen LogP contribution in [0.2, 0.25) is 0 Å². The third-order valence-corrected chi connectivity index (χ3v) is 3.64. The lowest BCUT2D eigenvalue weighted by Crippen LogP contribution is -2.30. The lowest BCUT2D eigenvalue weighted by molar-refractivity contribution is -0.115. The van der Waals surface area contributed by atoms with Gasteiger partial charge in [-0.1, -0.05) is 42.5 Å². The van der Waals surface area contributed by atoms with Crippen molar-refractivity contribution in [2.75, 3.05) is 11.9 Å². The van der Waals surface area contributed by atoms with Gasteiger partial charge in [0, 0.05) is 11.7 Å². The summed E-state index contributed by atoms with van der Waals surface area (Å²) in [6.07, 6.45) is 0. The maximum absolute atomic E-state index is 12.0. The Bertz CT molecular complexity index is 622. The summed E-state index contributed by atoms with van der Waals surface area (Å²) < 4.78 is 0. The number of benzene rings is 2. The van der Waals surface area contributed by atoms with Crippen LogP contribution in [0.25, 0.3) is 0 Å². The molecule has 1 unspecified atom stereocenters. The van der Waals surface area contributed by atoms with E-state index in [0.29, 0.717) is 6.54 Å². The fraction of sp³-hybridized carbons (Fsp3) is 0.278. The number of aryl methyl sites for hydroxylation is 2. The minimum atomic E-state index is -0.0234. The van der Waals surface area contributed by atoms with E-state index in [9.17, 15) is 4.79 Å². The van der Waals surface area contributed by atoms with Gasteiger partial charge in [-0.2, -0.15) is 0 Å². The van der Waals surface area contributed by atoms with E-state index >= 15 is 0 Å². The molecule has 0 aliphatic carbocycles. The molecule has 2 N–H and O–H groups in total. The molecule has 0 aliphatic rings.